The average molecular weight is 358 g/mol. The zero-order valence-corrected chi connectivity index (χ0v) is 13.3. The number of carbonyl (C=O) groups is 1. The predicted molar refractivity (Wildman–Crippen MR) is 88.3 cm³/mol. The van der Waals surface area contributed by atoms with Crippen LogP contribution in [0.1, 0.15) is 21.5 Å². The molecule has 5 nitrogen and oxygen atoms in total. The van der Waals surface area contributed by atoms with Crippen LogP contribution in [-0.2, 0) is 0 Å². The highest BCUT2D eigenvalue weighted by molar-refractivity contribution is 9.10. The SMILES string of the molecule is [C-]#[N+]c1ccc(C(=O)N/N=C/c2cc(C)cc(Br)c2O)cc1. The molecule has 110 valence electrons. The van der Waals surface area contributed by atoms with E-state index in [4.69, 9.17) is 6.57 Å². The third kappa shape index (κ3) is 3.71. The number of phenolic OH excluding ortho intramolecular Hbond substituents is 1. The Morgan fingerprint density at radius 3 is 2.68 bits per heavy atom. The lowest BCUT2D eigenvalue weighted by molar-refractivity contribution is 0.0955. The van der Waals surface area contributed by atoms with E-state index in [1.165, 1.54) is 6.21 Å². The van der Waals surface area contributed by atoms with Gasteiger partial charge >= 0.3 is 0 Å². The first-order valence-electron chi connectivity index (χ1n) is 6.31. The molecule has 0 bridgehead atoms. The minimum Gasteiger partial charge on any atom is -0.506 e. The molecule has 0 spiro atoms. The number of phenols is 1. The molecule has 0 saturated heterocycles. The number of hydrogen-bond acceptors (Lipinski definition) is 3. The molecule has 2 rings (SSSR count). The van der Waals surface area contributed by atoms with Crippen molar-refractivity contribution in [3.63, 3.8) is 0 Å². The van der Waals surface area contributed by atoms with Crippen molar-refractivity contribution in [1.29, 1.82) is 0 Å². The van der Waals surface area contributed by atoms with E-state index in [1.807, 2.05) is 6.92 Å². The van der Waals surface area contributed by atoms with Gasteiger partial charge in [0.1, 0.15) is 5.75 Å². The number of carbonyl (C=O) groups excluding carboxylic acids is 1. The maximum Gasteiger partial charge on any atom is 0.271 e. The summed E-state index contributed by atoms with van der Waals surface area (Å²) in [7, 11) is 0. The summed E-state index contributed by atoms with van der Waals surface area (Å²) in [5, 5.41) is 13.7. The largest absolute Gasteiger partial charge is 0.506 e. The van der Waals surface area contributed by atoms with Crippen LogP contribution < -0.4 is 5.43 Å². The minimum absolute atomic E-state index is 0.0602. The maximum atomic E-state index is 11.9. The molecule has 0 heterocycles. The predicted octanol–water partition coefficient (Wildman–Crippen LogP) is 3.78. The van der Waals surface area contributed by atoms with Gasteiger partial charge in [-0.1, -0.05) is 24.3 Å². The van der Waals surface area contributed by atoms with Crippen molar-refractivity contribution in [3.8, 4) is 5.75 Å². The van der Waals surface area contributed by atoms with E-state index in [0.29, 0.717) is 21.3 Å². The fourth-order valence-corrected chi connectivity index (χ4v) is 2.36. The lowest BCUT2D eigenvalue weighted by Gasteiger charge is -2.04. The zero-order valence-electron chi connectivity index (χ0n) is 11.7. The van der Waals surface area contributed by atoms with E-state index in [2.05, 4.69) is 31.3 Å². The Morgan fingerprint density at radius 1 is 1.36 bits per heavy atom. The van der Waals surface area contributed by atoms with Gasteiger partial charge in [0, 0.05) is 11.1 Å². The van der Waals surface area contributed by atoms with Crippen LogP contribution in [0.5, 0.6) is 5.75 Å². The molecule has 0 unspecified atom stereocenters. The number of amides is 1. The quantitative estimate of drug-likeness (QED) is 0.498. The van der Waals surface area contributed by atoms with Crippen LogP contribution in [0.15, 0.2) is 46.0 Å². The van der Waals surface area contributed by atoms with Gasteiger partial charge in [0.05, 0.1) is 17.3 Å². The second kappa shape index (κ2) is 6.87. The van der Waals surface area contributed by atoms with Gasteiger partial charge in [-0.15, -0.1) is 0 Å². The van der Waals surface area contributed by atoms with Gasteiger partial charge in [-0.2, -0.15) is 5.10 Å². The molecule has 1 amide bonds. The second-order valence-corrected chi connectivity index (χ2v) is 5.40. The van der Waals surface area contributed by atoms with Crippen molar-refractivity contribution in [3.05, 3.63) is 69.0 Å². The minimum atomic E-state index is -0.390. The summed E-state index contributed by atoms with van der Waals surface area (Å²) in [6, 6.07) is 9.77. The monoisotopic (exact) mass is 357 g/mol. The summed E-state index contributed by atoms with van der Waals surface area (Å²) >= 11 is 3.24. The van der Waals surface area contributed by atoms with Crippen molar-refractivity contribution in [2.45, 2.75) is 6.92 Å². The third-order valence-corrected chi connectivity index (χ3v) is 3.47. The molecule has 0 radical (unpaired) electrons. The Morgan fingerprint density at radius 2 is 2.05 bits per heavy atom. The van der Waals surface area contributed by atoms with Crippen molar-refractivity contribution in [2.75, 3.05) is 0 Å². The van der Waals surface area contributed by atoms with E-state index < -0.39 is 0 Å². The van der Waals surface area contributed by atoms with E-state index in [0.717, 1.165) is 5.56 Å². The van der Waals surface area contributed by atoms with E-state index >= 15 is 0 Å². The molecule has 0 aliphatic carbocycles. The molecular formula is C16H12BrN3O2. The lowest BCUT2D eigenvalue weighted by atomic mass is 10.1. The van der Waals surface area contributed by atoms with Crippen LogP contribution in [0.25, 0.3) is 4.85 Å². The van der Waals surface area contributed by atoms with Gasteiger partial charge in [0.2, 0.25) is 0 Å². The zero-order chi connectivity index (χ0) is 16.1. The maximum absolute atomic E-state index is 11.9. The van der Waals surface area contributed by atoms with Crippen LogP contribution in [-0.4, -0.2) is 17.2 Å². The third-order valence-electron chi connectivity index (χ3n) is 2.87. The molecule has 2 aromatic carbocycles. The molecular weight excluding hydrogens is 346 g/mol. The van der Waals surface area contributed by atoms with E-state index in [1.54, 1.807) is 36.4 Å². The highest BCUT2D eigenvalue weighted by Crippen LogP contribution is 2.28. The summed E-state index contributed by atoms with van der Waals surface area (Å²) in [5.74, 6) is -0.330. The second-order valence-electron chi connectivity index (χ2n) is 4.54. The highest BCUT2D eigenvalue weighted by atomic mass is 79.9. The molecule has 0 fully saturated rings. The summed E-state index contributed by atoms with van der Waals surface area (Å²) < 4.78 is 0.565. The number of rotatable bonds is 3. The molecule has 6 heteroatoms. The van der Waals surface area contributed by atoms with Crippen molar-refractivity contribution < 1.29 is 9.90 Å². The summed E-state index contributed by atoms with van der Waals surface area (Å²) in [4.78, 5) is 15.1. The van der Waals surface area contributed by atoms with Crippen LogP contribution >= 0.6 is 15.9 Å². The topological polar surface area (TPSA) is 66.0 Å². The Bertz CT molecular complexity index is 777. The Kier molecular flexibility index (Phi) is 4.92. The number of halogens is 1. The number of hydrogen-bond donors (Lipinski definition) is 2. The molecule has 22 heavy (non-hydrogen) atoms. The number of benzene rings is 2. The van der Waals surface area contributed by atoms with E-state index in [9.17, 15) is 9.90 Å². The van der Waals surface area contributed by atoms with Gasteiger partial charge in [0.25, 0.3) is 5.91 Å². The molecule has 0 atom stereocenters. The molecule has 0 aromatic heterocycles. The van der Waals surface area contributed by atoms with Crippen LogP contribution in [0.2, 0.25) is 0 Å². The van der Waals surface area contributed by atoms with Crippen molar-refractivity contribution >= 4 is 33.7 Å². The van der Waals surface area contributed by atoms with Crippen LogP contribution in [0.3, 0.4) is 0 Å². The van der Waals surface area contributed by atoms with E-state index in [-0.39, 0.29) is 11.7 Å². The van der Waals surface area contributed by atoms with Crippen molar-refractivity contribution in [2.24, 2.45) is 5.10 Å². The number of nitrogens with one attached hydrogen (secondary N) is 1. The number of nitrogens with zero attached hydrogens (tertiary/aromatic N) is 2. The Labute approximate surface area is 136 Å². The lowest BCUT2D eigenvalue weighted by Crippen LogP contribution is -2.17. The first kappa shape index (κ1) is 15.7. The van der Waals surface area contributed by atoms with Gasteiger partial charge in [-0.25, -0.2) is 10.3 Å². The number of aromatic hydroxyl groups is 1. The fourth-order valence-electron chi connectivity index (χ4n) is 1.77. The fraction of sp³-hybridized carbons (Fsp3) is 0.0625. The first-order valence-corrected chi connectivity index (χ1v) is 7.10. The molecule has 0 aliphatic rings. The van der Waals surface area contributed by atoms with Gasteiger partial charge in [-0.3, -0.25) is 4.79 Å². The van der Waals surface area contributed by atoms with Crippen molar-refractivity contribution in [1.82, 2.24) is 5.43 Å². The van der Waals surface area contributed by atoms with Crippen LogP contribution in [0.4, 0.5) is 5.69 Å². The van der Waals surface area contributed by atoms with Gasteiger partial charge in [-0.05, 0) is 40.5 Å². The average Bonchev–Trinajstić information content (AvgIpc) is 2.51. The number of hydrazone groups is 1. The first-order chi connectivity index (χ1) is 10.5. The summed E-state index contributed by atoms with van der Waals surface area (Å²) in [5.41, 5.74) is 4.69. The van der Waals surface area contributed by atoms with Gasteiger partial charge in [0.15, 0.2) is 5.69 Å². The molecule has 2 N–H and O–H groups in total. The smallest absolute Gasteiger partial charge is 0.271 e. The standard InChI is InChI=1S/C16H12BrN3O2/c1-10-7-12(15(21)14(17)8-10)9-19-20-16(22)11-3-5-13(18-2)6-4-11/h3-9,21H,1H3,(H,20,22)/b19-9+. The molecule has 2 aromatic rings. The summed E-state index contributed by atoms with van der Waals surface area (Å²) in [6.07, 6.45) is 1.37. The molecule has 0 aliphatic heterocycles. The molecule has 0 saturated carbocycles. The summed E-state index contributed by atoms with van der Waals surface area (Å²) in [6.45, 7) is 8.74. The van der Waals surface area contributed by atoms with Gasteiger partial charge < -0.3 is 5.11 Å². The highest BCUT2D eigenvalue weighted by Gasteiger charge is 2.06. The Balaban J connectivity index is 2.09. The van der Waals surface area contributed by atoms with Crippen LogP contribution in [0, 0.1) is 13.5 Å². The Hall–Kier alpha value is -2.65. The normalized spacial score (nSPS) is 10.4. The number of aryl methyl sites for hydroxylation is 1.